The van der Waals surface area contributed by atoms with Crippen LogP contribution in [0, 0.1) is 12.8 Å². The third-order valence-corrected chi connectivity index (χ3v) is 2.66. The first-order valence-electron chi connectivity index (χ1n) is 6.00. The van der Waals surface area contributed by atoms with Crippen molar-refractivity contribution < 1.29 is 4.74 Å². The van der Waals surface area contributed by atoms with Gasteiger partial charge in [0.25, 0.3) is 0 Å². The largest absolute Gasteiger partial charge is 0.478 e. The van der Waals surface area contributed by atoms with Gasteiger partial charge in [-0.2, -0.15) is 4.98 Å². The van der Waals surface area contributed by atoms with E-state index in [1.165, 1.54) is 19.3 Å². The minimum atomic E-state index is 0.637. The topological polar surface area (TPSA) is 47.0 Å². The second kappa shape index (κ2) is 5.14. The Kier molecular flexibility index (Phi) is 3.59. The average molecular weight is 221 g/mol. The first-order chi connectivity index (χ1) is 7.78. The van der Waals surface area contributed by atoms with E-state index in [0.29, 0.717) is 12.5 Å². The monoisotopic (exact) mass is 221 g/mol. The third kappa shape index (κ3) is 3.36. The van der Waals surface area contributed by atoms with E-state index in [0.717, 1.165) is 24.1 Å². The number of rotatable bonds is 6. The van der Waals surface area contributed by atoms with Crippen LogP contribution in [0.15, 0.2) is 6.07 Å². The maximum atomic E-state index is 5.38. The van der Waals surface area contributed by atoms with Crippen molar-refractivity contribution in [2.24, 2.45) is 5.92 Å². The van der Waals surface area contributed by atoms with Gasteiger partial charge in [-0.15, -0.1) is 0 Å². The lowest BCUT2D eigenvalue weighted by atomic mass is 10.3. The molecule has 0 amide bonds. The van der Waals surface area contributed by atoms with Crippen LogP contribution in [0.1, 0.15) is 32.0 Å². The summed E-state index contributed by atoms with van der Waals surface area (Å²) in [5.74, 6) is 3.22. The molecule has 0 saturated heterocycles. The van der Waals surface area contributed by atoms with E-state index in [1.807, 2.05) is 19.9 Å². The molecule has 88 valence electrons. The standard InChI is InChI=1S/C12H19N3O/c1-3-16-12-8-11(14-9(2)15-12)13-7-6-10-4-5-10/h8,10H,3-7H2,1-2H3,(H,13,14,15). The van der Waals surface area contributed by atoms with Crippen molar-refractivity contribution in [1.82, 2.24) is 9.97 Å². The van der Waals surface area contributed by atoms with Gasteiger partial charge in [-0.3, -0.25) is 0 Å². The molecular weight excluding hydrogens is 202 g/mol. The van der Waals surface area contributed by atoms with Crippen molar-refractivity contribution in [3.63, 3.8) is 0 Å². The molecule has 1 heterocycles. The van der Waals surface area contributed by atoms with Crippen LogP contribution in [0.5, 0.6) is 5.88 Å². The van der Waals surface area contributed by atoms with Crippen molar-refractivity contribution in [2.75, 3.05) is 18.5 Å². The summed E-state index contributed by atoms with van der Waals surface area (Å²) in [6, 6.07) is 1.86. The summed E-state index contributed by atoms with van der Waals surface area (Å²) < 4.78 is 5.38. The number of hydrogen-bond acceptors (Lipinski definition) is 4. The Morgan fingerprint density at radius 3 is 2.94 bits per heavy atom. The van der Waals surface area contributed by atoms with Crippen LogP contribution in [0.25, 0.3) is 0 Å². The van der Waals surface area contributed by atoms with E-state index in [1.54, 1.807) is 0 Å². The molecule has 0 unspecified atom stereocenters. The summed E-state index contributed by atoms with van der Waals surface area (Å²) in [5.41, 5.74) is 0. The number of ether oxygens (including phenoxy) is 1. The average Bonchev–Trinajstić information content (AvgIpc) is 3.01. The van der Waals surface area contributed by atoms with E-state index in [-0.39, 0.29) is 0 Å². The van der Waals surface area contributed by atoms with E-state index in [4.69, 9.17) is 4.74 Å². The summed E-state index contributed by atoms with van der Waals surface area (Å²) >= 11 is 0. The summed E-state index contributed by atoms with van der Waals surface area (Å²) in [6.45, 7) is 5.47. The highest BCUT2D eigenvalue weighted by atomic mass is 16.5. The van der Waals surface area contributed by atoms with Crippen molar-refractivity contribution in [3.05, 3.63) is 11.9 Å². The van der Waals surface area contributed by atoms with Gasteiger partial charge in [-0.25, -0.2) is 4.98 Å². The fourth-order valence-electron chi connectivity index (χ4n) is 1.66. The highest BCUT2D eigenvalue weighted by Gasteiger charge is 2.20. The van der Waals surface area contributed by atoms with Gasteiger partial charge < -0.3 is 10.1 Å². The molecule has 4 heteroatoms. The van der Waals surface area contributed by atoms with Crippen molar-refractivity contribution >= 4 is 5.82 Å². The molecule has 0 atom stereocenters. The van der Waals surface area contributed by atoms with Gasteiger partial charge in [0, 0.05) is 12.6 Å². The minimum absolute atomic E-state index is 0.637. The summed E-state index contributed by atoms with van der Waals surface area (Å²) in [4.78, 5) is 8.54. The van der Waals surface area contributed by atoms with Crippen LogP contribution >= 0.6 is 0 Å². The molecule has 0 aromatic carbocycles. The maximum Gasteiger partial charge on any atom is 0.218 e. The quantitative estimate of drug-likeness (QED) is 0.801. The second-order valence-electron chi connectivity index (χ2n) is 4.23. The Balaban J connectivity index is 1.90. The van der Waals surface area contributed by atoms with Crippen LogP contribution < -0.4 is 10.1 Å². The molecule has 4 nitrogen and oxygen atoms in total. The van der Waals surface area contributed by atoms with Crippen molar-refractivity contribution in [2.45, 2.75) is 33.1 Å². The fraction of sp³-hybridized carbons (Fsp3) is 0.667. The van der Waals surface area contributed by atoms with Gasteiger partial charge in [0.1, 0.15) is 11.6 Å². The molecule has 1 saturated carbocycles. The van der Waals surface area contributed by atoms with Crippen LogP contribution in [-0.4, -0.2) is 23.1 Å². The van der Waals surface area contributed by atoms with Crippen molar-refractivity contribution in [3.8, 4) is 5.88 Å². The van der Waals surface area contributed by atoms with Gasteiger partial charge in [0.15, 0.2) is 0 Å². The van der Waals surface area contributed by atoms with E-state index >= 15 is 0 Å². The number of nitrogens with zero attached hydrogens (tertiary/aromatic N) is 2. The summed E-state index contributed by atoms with van der Waals surface area (Å²) in [5, 5.41) is 3.32. The molecule has 1 N–H and O–H groups in total. The Bertz CT molecular complexity index is 350. The molecule has 0 spiro atoms. The van der Waals surface area contributed by atoms with Gasteiger partial charge in [-0.05, 0) is 26.2 Å². The smallest absolute Gasteiger partial charge is 0.218 e. The maximum absolute atomic E-state index is 5.38. The number of anilines is 1. The predicted molar refractivity (Wildman–Crippen MR) is 63.8 cm³/mol. The predicted octanol–water partition coefficient (Wildman–Crippen LogP) is 2.40. The van der Waals surface area contributed by atoms with Gasteiger partial charge in [0.2, 0.25) is 5.88 Å². The lowest BCUT2D eigenvalue weighted by Gasteiger charge is -2.08. The molecule has 1 aliphatic rings. The fourth-order valence-corrected chi connectivity index (χ4v) is 1.66. The molecule has 0 bridgehead atoms. The molecule has 0 radical (unpaired) electrons. The van der Waals surface area contributed by atoms with Gasteiger partial charge in [0.05, 0.1) is 6.61 Å². The summed E-state index contributed by atoms with van der Waals surface area (Å²) in [7, 11) is 0. The van der Waals surface area contributed by atoms with E-state index < -0.39 is 0 Å². The minimum Gasteiger partial charge on any atom is -0.478 e. The zero-order valence-electron chi connectivity index (χ0n) is 9.99. The number of aryl methyl sites for hydroxylation is 1. The van der Waals surface area contributed by atoms with Crippen molar-refractivity contribution in [1.29, 1.82) is 0 Å². The Hall–Kier alpha value is -1.32. The lowest BCUT2D eigenvalue weighted by molar-refractivity contribution is 0.325. The first kappa shape index (κ1) is 11.2. The molecule has 1 fully saturated rings. The third-order valence-electron chi connectivity index (χ3n) is 2.66. The zero-order valence-corrected chi connectivity index (χ0v) is 9.99. The Morgan fingerprint density at radius 1 is 1.44 bits per heavy atom. The van der Waals surface area contributed by atoms with Crippen LogP contribution in [0.2, 0.25) is 0 Å². The number of nitrogens with one attached hydrogen (secondary N) is 1. The van der Waals surface area contributed by atoms with E-state index in [2.05, 4.69) is 15.3 Å². The normalized spacial score (nSPS) is 14.9. The molecule has 1 aromatic heterocycles. The Labute approximate surface area is 96.4 Å². The van der Waals surface area contributed by atoms with E-state index in [9.17, 15) is 0 Å². The van der Waals surface area contributed by atoms with Crippen LogP contribution in [0.3, 0.4) is 0 Å². The lowest BCUT2D eigenvalue weighted by Crippen LogP contribution is -2.06. The van der Waals surface area contributed by atoms with Crippen LogP contribution in [-0.2, 0) is 0 Å². The molecular formula is C12H19N3O. The molecule has 1 aliphatic carbocycles. The SMILES string of the molecule is CCOc1cc(NCCC2CC2)nc(C)n1. The van der Waals surface area contributed by atoms with Gasteiger partial charge >= 0.3 is 0 Å². The van der Waals surface area contributed by atoms with Crippen LogP contribution in [0.4, 0.5) is 5.82 Å². The highest BCUT2D eigenvalue weighted by Crippen LogP contribution is 2.32. The Morgan fingerprint density at radius 2 is 2.25 bits per heavy atom. The molecule has 1 aromatic rings. The van der Waals surface area contributed by atoms with Gasteiger partial charge in [-0.1, -0.05) is 12.8 Å². The second-order valence-corrected chi connectivity index (χ2v) is 4.23. The highest BCUT2D eigenvalue weighted by molar-refractivity contribution is 5.38. The molecule has 0 aliphatic heterocycles. The first-order valence-corrected chi connectivity index (χ1v) is 6.00. The zero-order chi connectivity index (χ0) is 11.4. The molecule has 16 heavy (non-hydrogen) atoms. The number of aromatic nitrogens is 2. The number of hydrogen-bond donors (Lipinski definition) is 1. The molecule has 2 rings (SSSR count). The summed E-state index contributed by atoms with van der Waals surface area (Å²) in [6.07, 6.45) is 4.04.